The van der Waals surface area contributed by atoms with E-state index in [1.54, 1.807) is 5.57 Å². The first kappa shape index (κ1) is 22.3. The molecule has 0 aromatic carbocycles. The van der Waals surface area contributed by atoms with Crippen LogP contribution >= 0.6 is 0 Å². The number of allylic oxidation sites excluding steroid dienone is 5. The van der Waals surface area contributed by atoms with E-state index in [1.165, 1.54) is 31.3 Å². The second-order valence-electron chi connectivity index (χ2n) is 11.9. The van der Waals surface area contributed by atoms with Crippen molar-refractivity contribution in [1.82, 2.24) is 0 Å². The molecule has 0 radical (unpaired) electrons. The SMILES string of the molecule is CC(C)[C@@H](C)/C=C/[C@@H](C)[C@H]1CC[C@H]2C3=CC=C4C[C@@H](O)C[C@H](O)[C@]4(C)[C@H]3CC[C@]12C. The first-order valence-electron chi connectivity index (χ1n) is 12.5. The molecule has 0 aromatic rings. The molecule has 0 saturated heterocycles. The van der Waals surface area contributed by atoms with Gasteiger partial charge in [-0.25, -0.2) is 0 Å². The predicted octanol–water partition coefficient (Wildman–Crippen LogP) is 6.30. The van der Waals surface area contributed by atoms with Crippen LogP contribution in [0.1, 0.15) is 80.1 Å². The Balaban J connectivity index is 1.59. The van der Waals surface area contributed by atoms with Crippen LogP contribution in [0.2, 0.25) is 0 Å². The van der Waals surface area contributed by atoms with Gasteiger partial charge < -0.3 is 10.2 Å². The summed E-state index contributed by atoms with van der Waals surface area (Å²) in [7, 11) is 0. The van der Waals surface area contributed by atoms with E-state index in [4.69, 9.17) is 0 Å². The highest BCUT2D eigenvalue weighted by Crippen LogP contribution is 2.66. The smallest absolute Gasteiger partial charge is 0.0661 e. The minimum Gasteiger partial charge on any atom is -0.393 e. The third kappa shape index (κ3) is 3.37. The van der Waals surface area contributed by atoms with Crippen LogP contribution in [-0.4, -0.2) is 22.4 Å². The van der Waals surface area contributed by atoms with Gasteiger partial charge in [-0.1, -0.05) is 77.0 Å². The molecule has 0 aliphatic heterocycles. The molecule has 4 aliphatic carbocycles. The molecule has 9 atom stereocenters. The van der Waals surface area contributed by atoms with E-state index in [0.717, 1.165) is 12.3 Å². The van der Waals surface area contributed by atoms with Gasteiger partial charge in [0.15, 0.2) is 0 Å². The summed E-state index contributed by atoms with van der Waals surface area (Å²) in [5.41, 5.74) is 3.08. The molecule has 3 saturated carbocycles. The summed E-state index contributed by atoms with van der Waals surface area (Å²) < 4.78 is 0. The first-order chi connectivity index (χ1) is 14.1. The van der Waals surface area contributed by atoms with Crippen molar-refractivity contribution in [2.75, 3.05) is 0 Å². The van der Waals surface area contributed by atoms with Crippen molar-refractivity contribution in [3.8, 4) is 0 Å². The molecule has 0 unspecified atom stereocenters. The Kier molecular flexibility index (Phi) is 5.90. The molecule has 4 aliphatic rings. The Morgan fingerprint density at radius 3 is 2.40 bits per heavy atom. The lowest BCUT2D eigenvalue weighted by Crippen LogP contribution is -2.52. The molecule has 3 fully saturated rings. The molecular formula is C28H44O2. The maximum absolute atomic E-state index is 11.0. The van der Waals surface area contributed by atoms with Crippen LogP contribution in [0, 0.1) is 46.3 Å². The minimum absolute atomic E-state index is 0.180. The molecule has 0 spiro atoms. The molecule has 2 nitrogen and oxygen atoms in total. The normalized spacial score (nSPS) is 45.4. The molecule has 0 bridgehead atoms. The van der Waals surface area contributed by atoms with Gasteiger partial charge in [-0.05, 0) is 73.0 Å². The zero-order chi connectivity index (χ0) is 21.8. The van der Waals surface area contributed by atoms with E-state index < -0.39 is 6.10 Å². The van der Waals surface area contributed by atoms with Gasteiger partial charge in [-0.3, -0.25) is 0 Å². The summed E-state index contributed by atoms with van der Waals surface area (Å²) in [4.78, 5) is 0. The Morgan fingerprint density at radius 1 is 0.967 bits per heavy atom. The number of fused-ring (bicyclic) bond motifs is 5. The van der Waals surface area contributed by atoms with Gasteiger partial charge >= 0.3 is 0 Å². The van der Waals surface area contributed by atoms with Gasteiger partial charge in [0.1, 0.15) is 0 Å². The van der Waals surface area contributed by atoms with E-state index in [2.05, 4.69) is 65.8 Å². The Bertz CT molecular complexity index is 746. The van der Waals surface area contributed by atoms with Gasteiger partial charge in [0, 0.05) is 11.8 Å². The average molecular weight is 413 g/mol. The zero-order valence-corrected chi connectivity index (χ0v) is 20.1. The van der Waals surface area contributed by atoms with Gasteiger partial charge in [-0.15, -0.1) is 0 Å². The number of hydrogen-bond donors (Lipinski definition) is 2. The molecular weight excluding hydrogens is 368 g/mol. The number of rotatable bonds is 4. The number of hydrogen-bond acceptors (Lipinski definition) is 2. The lowest BCUT2D eigenvalue weighted by atomic mass is 9.49. The van der Waals surface area contributed by atoms with E-state index in [9.17, 15) is 10.2 Å². The molecule has 168 valence electrons. The van der Waals surface area contributed by atoms with Crippen LogP contribution in [0.4, 0.5) is 0 Å². The number of aliphatic hydroxyl groups is 2. The Hall–Kier alpha value is -0.860. The van der Waals surface area contributed by atoms with Crippen LogP contribution in [0.15, 0.2) is 35.5 Å². The number of aliphatic hydroxyl groups excluding tert-OH is 2. The van der Waals surface area contributed by atoms with Gasteiger partial charge in [0.05, 0.1) is 12.2 Å². The third-order valence-electron chi connectivity index (χ3n) is 10.1. The average Bonchev–Trinajstić information content (AvgIpc) is 3.04. The molecule has 4 rings (SSSR count). The first-order valence-corrected chi connectivity index (χ1v) is 12.5. The fourth-order valence-electron chi connectivity index (χ4n) is 7.66. The lowest BCUT2D eigenvalue weighted by molar-refractivity contribution is -0.0537. The highest BCUT2D eigenvalue weighted by Gasteiger charge is 2.58. The predicted molar refractivity (Wildman–Crippen MR) is 125 cm³/mol. The Morgan fingerprint density at radius 2 is 1.70 bits per heavy atom. The van der Waals surface area contributed by atoms with Crippen molar-refractivity contribution in [2.45, 2.75) is 92.3 Å². The second kappa shape index (κ2) is 7.93. The summed E-state index contributed by atoms with van der Waals surface area (Å²) in [6, 6.07) is 0. The summed E-state index contributed by atoms with van der Waals surface area (Å²) >= 11 is 0. The van der Waals surface area contributed by atoms with E-state index >= 15 is 0 Å². The molecule has 0 aromatic heterocycles. The highest BCUT2D eigenvalue weighted by atomic mass is 16.3. The van der Waals surface area contributed by atoms with E-state index in [-0.39, 0.29) is 11.5 Å². The maximum Gasteiger partial charge on any atom is 0.0661 e. The maximum atomic E-state index is 11.0. The van der Waals surface area contributed by atoms with Gasteiger partial charge in [0.25, 0.3) is 0 Å². The molecule has 2 N–H and O–H groups in total. The van der Waals surface area contributed by atoms with Crippen LogP contribution in [-0.2, 0) is 0 Å². The summed E-state index contributed by atoms with van der Waals surface area (Å²) in [5, 5.41) is 21.3. The van der Waals surface area contributed by atoms with Crippen molar-refractivity contribution < 1.29 is 10.2 Å². The molecule has 2 heteroatoms. The van der Waals surface area contributed by atoms with Crippen LogP contribution in [0.5, 0.6) is 0 Å². The van der Waals surface area contributed by atoms with Crippen LogP contribution in [0.25, 0.3) is 0 Å². The van der Waals surface area contributed by atoms with E-state index in [0.29, 0.717) is 41.4 Å². The van der Waals surface area contributed by atoms with Crippen molar-refractivity contribution in [2.24, 2.45) is 46.3 Å². The van der Waals surface area contributed by atoms with Crippen molar-refractivity contribution in [3.05, 3.63) is 35.5 Å². The lowest BCUT2D eigenvalue weighted by Gasteiger charge is -2.56. The Labute approximate surface area is 184 Å². The quantitative estimate of drug-likeness (QED) is 0.532. The fourth-order valence-corrected chi connectivity index (χ4v) is 7.66. The van der Waals surface area contributed by atoms with Crippen molar-refractivity contribution in [3.63, 3.8) is 0 Å². The van der Waals surface area contributed by atoms with Crippen molar-refractivity contribution >= 4 is 0 Å². The second-order valence-corrected chi connectivity index (χ2v) is 11.9. The standard InChI is InChI=1S/C28H44O2/c1-17(2)18(3)7-8-19(4)23-11-12-24-22-10-9-20-15-21(29)16-26(30)28(20,6)25(22)13-14-27(23,24)5/h7-10,17-19,21,23-26,29-30H,11-16H2,1-6H3/b8-7+/t18-,19+,21+,23+,24-,25-,26-,27+,28-/m0/s1. The zero-order valence-electron chi connectivity index (χ0n) is 20.1. The van der Waals surface area contributed by atoms with Crippen LogP contribution < -0.4 is 0 Å². The topological polar surface area (TPSA) is 40.5 Å². The largest absolute Gasteiger partial charge is 0.393 e. The molecule has 0 amide bonds. The van der Waals surface area contributed by atoms with Crippen LogP contribution in [0.3, 0.4) is 0 Å². The van der Waals surface area contributed by atoms with Crippen molar-refractivity contribution in [1.29, 1.82) is 0 Å². The van der Waals surface area contributed by atoms with Gasteiger partial charge in [-0.2, -0.15) is 0 Å². The monoisotopic (exact) mass is 412 g/mol. The highest BCUT2D eigenvalue weighted by molar-refractivity contribution is 5.40. The summed E-state index contributed by atoms with van der Waals surface area (Å²) in [6.07, 6.45) is 15.1. The fraction of sp³-hybridized carbons (Fsp3) is 0.786. The summed E-state index contributed by atoms with van der Waals surface area (Å²) in [5.74, 6) is 3.80. The summed E-state index contributed by atoms with van der Waals surface area (Å²) in [6.45, 7) is 14.2. The third-order valence-corrected chi connectivity index (χ3v) is 10.1. The van der Waals surface area contributed by atoms with E-state index in [1.807, 2.05) is 0 Å². The molecule has 30 heavy (non-hydrogen) atoms. The minimum atomic E-state index is -0.429. The van der Waals surface area contributed by atoms with Gasteiger partial charge in [0.2, 0.25) is 0 Å². The molecule has 0 heterocycles.